The monoisotopic (exact) mass is 907 g/mol. The predicted octanol–water partition coefficient (Wildman–Crippen LogP) is 18.6. The highest BCUT2D eigenvalue weighted by Gasteiger charge is 2.50. The minimum Gasteiger partial charge on any atom is -0.454 e. The molecule has 3 heteroatoms. The second kappa shape index (κ2) is 15.1. The molecular weight excluding hydrogens is 867 g/mol. The van der Waals surface area contributed by atoms with Gasteiger partial charge in [-0.2, -0.15) is 0 Å². The molecule has 3 aliphatic rings. The Bertz CT molecular complexity index is 4110. The summed E-state index contributed by atoms with van der Waals surface area (Å²) in [6.45, 7) is 0. The van der Waals surface area contributed by atoms with Gasteiger partial charge >= 0.3 is 0 Å². The fraction of sp³-hybridized carbons (Fsp3) is 0.0149. The van der Waals surface area contributed by atoms with Crippen molar-refractivity contribution >= 4 is 48.6 Å². The van der Waals surface area contributed by atoms with Crippen LogP contribution in [0, 0.1) is 0 Å². The van der Waals surface area contributed by atoms with Crippen molar-refractivity contribution in [3.8, 4) is 78.3 Å². The second-order valence-electron chi connectivity index (χ2n) is 18.6. The summed E-state index contributed by atoms with van der Waals surface area (Å²) < 4.78 is 9.87. The first-order valence-corrected chi connectivity index (χ1v) is 24.9. The maximum Gasteiger partial charge on any atom is 0.159 e. The summed E-state index contributed by atoms with van der Waals surface area (Å²) in [4.78, 5) is 2.41. The molecule has 0 radical (unpaired) electrons. The topological polar surface area (TPSA) is 12.5 Å². The molecule has 1 spiro atoms. The largest absolute Gasteiger partial charge is 0.454 e. The summed E-state index contributed by atoms with van der Waals surface area (Å²) in [7, 11) is 0. The summed E-state index contributed by atoms with van der Waals surface area (Å²) in [6.07, 6.45) is 0. The number of ether oxygens (including phenoxy) is 1. The number of nitrogens with zero attached hydrogens (tertiary/aromatic N) is 1. The van der Waals surface area contributed by atoms with Gasteiger partial charge in [0.15, 0.2) is 5.75 Å². The molecule has 1 aromatic heterocycles. The summed E-state index contributed by atoms with van der Waals surface area (Å²) >= 11 is 1.89. The Hall–Kier alpha value is -8.76. The van der Waals surface area contributed by atoms with Gasteiger partial charge in [-0.25, -0.2) is 0 Å². The van der Waals surface area contributed by atoms with E-state index < -0.39 is 5.41 Å². The molecule has 326 valence electrons. The SMILES string of the molecule is c1ccc(-c2ccc(N(c3ccc4c(c3)-c3ccccc3-c3ccccc3C43c4ccccc4-c4c3ccc3sc5ccccc5c43)c3cccc4c3Oc3ccccc3-c3ccccc3-4)cc2)cc1. The lowest BCUT2D eigenvalue weighted by Crippen LogP contribution is -2.29. The average molecular weight is 908 g/mol. The van der Waals surface area contributed by atoms with Crippen molar-refractivity contribution in [3.05, 3.63) is 271 Å². The van der Waals surface area contributed by atoms with Gasteiger partial charge in [-0.05, 0) is 126 Å². The maximum absolute atomic E-state index is 7.24. The minimum atomic E-state index is -0.630. The van der Waals surface area contributed by atoms with Gasteiger partial charge < -0.3 is 9.64 Å². The highest BCUT2D eigenvalue weighted by atomic mass is 32.1. The molecule has 2 heterocycles. The van der Waals surface area contributed by atoms with Crippen LogP contribution >= 0.6 is 11.3 Å². The van der Waals surface area contributed by atoms with E-state index in [0.29, 0.717) is 0 Å². The molecule has 0 saturated heterocycles. The Kier molecular flexibility index (Phi) is 8.48. The summed E-state index contributed by atoms with van der Waals surface area (Å²) in [5, 5.41) is 2.66. The Labute approximate surface area is 410 Å². The lowest BCUT2D eigenvalue weighted by atomic mass is 9.66. The van der Waals surface area contributed by atoms with Crippen LogP contribution in [-0.2, 0) is 5.41 Å². The molecule has 70 heavy (non-hydrogen) atoms. The molecule has 0 amide bonds. The standard InChI is InChI=1S/C67H41NOS/c1-2-17-42(18-3-1)43-33-35-44(36-34-43)68(60-30-16-27-52-48-21-6-5-20-47(48)51-24-10-14-31-61(51)69-66(52)60)45-37-38-58-55(41-45)49-22-7-4-19-46(49)50-23-8-12-28-56(50)67(58)57-29-13-9-25-53(57)64-59(67)39-40-63-65(64)54-26-11-15-32-62(54)70-63/h1-41H. The molecule has 0 fully saturated rings. The summed E-state index contributed by atoms with van der Waals surface area (Å²) in [5.74, 6) is 1.65. The lowest BCUT2D eigenvalue weighted by Gasteiger charge is -2.36. The first-order chi connectivity index (χ1) is 34.7. The van der Waals surface area contributed by atoms with E-state index in [-0.39, 0.29) is 0 Å². The van der Waals surface area contributed by atoms with Crippen LogP contribution in [0.25, 0.3) is 86.9 Å². The van der Waals surface area contributed by atoms with Gasteiger partial charge in [0.05, 0.1) is 11.1 Å². The Morgan fingerprint density at radius 1 is 0.343 bits per heavy atom. The van der Waals surface area contributed by atoms with E-state index in [1.165, 1.54) is 81.4 Å². The fourth-order valence-corrected chi connectivity index (χ4v) is 13.4. The van der Waals surface area contributed by atoms with Gasteiger partial charge in [-0.15, -0.1) is 11.3 Å². The fourth-order valence-electron chi connectivity index (χ4n) is 12.2. The molecule has 1 atom stereocenters. The van der Waals surface area contributed by atoms with Crippen molar-refractivity contribution < 1.29 is 4.74 Å². The zero-order valence-corrected chi connectivity index (χ0v) is 38.8. The molecule has 0 saturated carbocycles. The van der Waals surface area contributed by atoms with Crippen LogP contribution in [0.3, 0.4) is 0 Å². The van der Waals surface area contributed by atoms with Crippen LogP contribution in [0.2, 0.25) is 0 Å². The van der Waals surface area contributed by atoms with E-state index in [9.17, 15) is 0 Å². The average Bonchev–Trinajstić information content (AvgIpc) is 3.87. The zero-order chi connectivity index (χ0) is 45.9. The van der Waals surface area contributed by atoms with E-state index in [1.54, 1.807) is 0 Å². The normalized spacial score (nSPS) is 14.5. The minimum absolute atomic E-state index is 0.630. The van der Waals surface area contributed by atoms with E-state index in [0.717, 1.165) is 56.4 Å². The molecule has 1 aliphatic heterocycles. The van der Waals surface area contributed by atoms with Gasteiger partial charge in [0.25, 0.3) is 0 Å². The number of benzene rings is 11. The lowest BCUT2D eigenvalue weighted by molar-refractivity contribution is 0.489. The molecule has 0 N–H and O–H groups in total. The van der Waals surface area contributed by atoms with E-state index >= 15 is 0 Å². The quantitative estimate of drug-likeness (QED) is 0.174. The van der Waals surface area contributed by atoms with E-state index in [2.05, 4.69) is 254 Å². The number of fused-ring (bicyclic) bond motifs is 21. The number of anilines is 3. The van der Waals surface area contributed by atoms with Gasteiger partial charge in [-0.1, -0.05) is 200 Å². The van der Waals surface area contributed by atoms with Crippen LogP contribution < -0.4 is 9.64 Å². The van der Waals surface area contributed by atoms with Crippen molar-refractivity contribution in [2.75, 3.05) is 4.90 Å². The molecule has 2 aliphatic carbocycles. The number of hydrogen-bond donors (Lipinski definition) is 0. The van der Waals surface area contributed by atoms with Crippen molar-refractivity contribution in [1.82, 2.24) is 0 Å². The van der Waals surface area contributed by atoms with Crippen LogP contribution in [0.5, 0.6) is 11.5 Å². The highest BCUT2D eigenvalue weighted by molar-refractivity contribution is 7.26. The zero-order valence-electron chi connectivity index (χ0n) is 37.9. The molecule has 0 bridgehead atoms. The molecule has 12 aromatic rings. The molecule has 1 unspecified atom stereocenters. The smallest absolute Gasteiger partial charge is 0.159 e. The van der Waals surface area contributed by atoms with Crippen LogP contribution in [0.1, 0.15) is 22.3 Å². The van der Waals surface area contributed by atoms with Crippen LogP contribution in [0.15, 0.2) is 249 Å². The molecule has 15 rings (SSSR count). The van der Waals surface area contributed by atoms with E-state index in [4.69, 9.17) is 4.74 Å². The van der Waals surface area contributed by atoms with Gasteiger partial charge in [0, 0.05) is 42.7 Å². The summed E-state index contributed by atoms with van der Waals surface area (Å²) in [5.41, 5.74) is 21.9. The number of hydrogen-bond acceptors (Lipinski definition) is 3. The third-order valence-corrected chi connectivity index (χ3v) is 16.3. The first-order valence-electron chi connectivity index (χ1n) is 24.1. The highest BCUT2D eigenvalue weighted by Crippen LogP contribution is 2.64. The molecule has 11 aromatic carbocycles. The second-order valence-corrected chi connectivity index (χ2v) is 19.7. The number of rotatable bonds is 4. The van der Waals surface area contributed by atoms with E-state index in [1.807, 2.05) is 11.3 Å². The number of para-hydroxylation sites is 2. The molecular formula is C67H41NOS. The predicted molar refractivity (Wildman–Crippen MR) is 292 cm³/mol. The Morgan fingerprint density at radius 3 is 1.67 bits per heavy atom. The third kappa shape index (κ3) is 5.49. The third-order valence-electron chi connectivity index (χ3n) is 15.1. The van der Waals surface area contributed by atoms with Crippen LogP contribution in [0.4, 0.5) is 17.1 Å². The Balaban J connectivity index is 1.03. The van der Waals surface area contributed by atoms with Gasteiger partial charge in [-0.3, -0.25) is 0 Å². The van der Waals surface area contributed by atoms with Crippen molar-refractivity contribution in [1.29, 1.82) is 0 Å². The van der Waals surface area contributed by atoms with Crippen molar-refractivity contribution in [2.45, 2.75) is 5.41 Å². The van der Waals surface area contributed by atoms with Gasteiger partial charge in [0.1, 0.15) is 5.75 Å². The van der Waals surface area contributed by atoms with Crippen molar-refractivity contribution in [3.63, 3.8) is 0 Å². The van der Waals surface area contributed by atoms with Crippen LogP contribution in [-0.4, -0.2) is 0 Å². The first kappa shape index (κ1) is 39.3. The van der Waals surface area contributed by atoms with Crippen molar-refractivity contribution in [2.24, 2.45) is 0 Å². The summed E-state index contributed by atoms with van der Waals surface area (Å²) in [6, 6.07) is 91.9. The Morgan fingerprint density at radius 2 is 0.886 bits per heavy atom. The molecule has 2 nitrogen and oxygen atoms in total. The maximum atomic E-state index is 7.24. The number of thiophene rings is 1. The van der Waals surface area contributed by atoms with Gasteiger partial charge in [0.2, 0.25) is 0 Å².